The van der Waals surface area contributed by atoms with E-state index >= 15 is 0 Å². The fourth-order valence-corrected chi connectivity index (χ4v) is 3.86. The van der Waals surface area contributed by atoms with Gasteiger partial charge in [0.25, 0.3) is 0 Å². The number of nitrogens with zero attached hydrogens (tertiary/aromatic N) is 5. The van der Waals surface area contributed by atoms with Crippen LogP contribution < -0.4 is 5.32 Å². The summed E-state index contributed by atoms with van der Waals surface area (Å²) in [7, 11) is 0. The topological polar surface area (TPSA) is 85.6 Å². The van der Waals surface area contributed by atoms with E-state index in [-0.39, 0.29) is 11.7 Å². The zero-order valence-electron chi connectivity index (χ0n) is 12.6. The second-order valence-corrected chi connectivity index (χ2v) is 7.43. The normalized spacial score (nSPS) is 10.5. The smallest absolute Gasteiger partial charge is 0.236 e. The fourth-order valence-electron chi connectivity index (χ4n) is 1.54. The Labute approximate surface area is 146 Å². The lowest BCUT2D eigenvalue weighted by atomic mass is 10.6. The average molecular weight is 369 g/mol. The molecule has 2 heterocycles. The van der Waals surface area contributed by atoms with E-state index in [1.165, 1.54) is 34.9 Å². The van der Waals surface area contributed by atoms with Gasteiger partial charge in [0.1, 0.15) is 5.82 Å². The van der Waals surface area contributed by atoms with Crippen molar-refractivity contribution in [1.82, 2.24) is 25.0 Å². The Hall–Kier alpha value is -1.65. The SMILES string of the molecule is C=CCSc1nnc(NC(=O)CSc2nnc(C)n2CC=C)s1. The van der Waals surface area contributed by atoms with E-state index < -0.39 is 0 Å². The molecule has 1 amide bonds. The zero-order valence-corrected chi connectivity index (χ0v) is 15.0. The Kier molecular flexibility index (Phi) is 6.81. The molecule has 122 valence electrons. The third kappa shape index (κ3) is 5.19. The molecule has 0 radical (unpaired) electrons. The Morgan fingerprint density at radius 1 is 1.26 bits per heavy atom. The molecule has 0 saturated heterocycles. The maximum absolute atomic E-state index is 12.0. The van der Waals surface area contributed by atoms with Crippen molar-refractivity contribution in [2.75, 3.05) is 16.8 Å². The van der Waals surface area contributed by atoms with E-state index in [4.69, 9.17) is 0 Å². The molecule has 7 nitrogen and oxygen atoms in total. The Morgan fingerprint density at radius 3 is 2.83 bits per heavy atom. The van der Waals surface area contributed by atoms with Crippen LogP contribution in [0.15, 0.2) is 34.8 Å². The second-order valence-electron chi connectivity index (χ2n) is 4.24. The van der Waals surface area contributed by atoms with Crippen LogP contribution in [-0.4, -0.2) is 42.4 Å². The van der Waals surface area contributed by atoms with Crippen LogP contribution in [0.4, 0.5) is 5.13 Å². The number of rotatable bonds is 9. The van der Waals surface area contributed by atoms with Gasteiger partial charge in [-0.2, -0.15) is 0 Å². The third-order valence-electron chi connectivity index (χ3n) is 2.52. The fraction of sp³-hybridized carbons (Fsp3) is 0.308. The number of anilines is 1. The van der Waals surface area contributed by atoms with Gasteiger partial charge in [-0.3, -0.25) is 10.1 Å². The van der Waals surface area contributed by atoms with Gasteiger partial charge >= 0.3 is 0 Å². The molecule has 23 heavy (non-hydrogen) atoms. The molecule has 0 atom stereocenters. The molecule has 2 rings (SSSR count). The minimum atomic E-state index is -0.155. The minimum absolute atomic E-state index is 0.155. The van der Waals surface area contributed by atoms with Crippen molar-refractivity contribution >= 4 is 45.9 Å². The van der Waals surface area contributed by atoms with Gasteiger partial charge in [0.05, 0.1) is 5.75 Å². The highest BCUT2D eigenvalue weighted by atomic mass is 32.2. The second kappa shape index (κ2) is 8.85. The summed E-state index contributed by atoms with van der Waals surface area (Å²) in [5.74, 6) is 1.62. The van der Waals surface area contributed by atoms with Gasteiger partial charge in [-0.25, -0.2) is 0 Å². The molecular weight excluding hydrogens is 352 g/mol. The third-order valence-corrected chi connectivity index (χ3v) is 5.46. The number of hydrogen-bond donors (Lipinski definition) is 1. The highest BCUT2D eigenvalue weighted by Gasteiger charge is 2.12. The highest BCUT2D eigenvalue weighted by Crippen LogP contribution is 2.25. The van der Waals surface area contributed by atoms with Crippen molar-refractivity contribution in [1.29, 1.82) is 0 Å². The summed E-state index contributed by atoms with van der Waals surface area (Å²) in [6.45, 7) is 9.84. The number of hydrogen-bond acceptors (Lipinski definition) is 8. The molecule has 0 aromatic carbocycles. The number of thioether (sulfide) groups is 2. The molecule has 2 aromatic rings. The number of allylic oxidation sites excluding steroid dienone is 1. The molecule has 0 fully saturated rings. The van der Waals surface area contributed by atoms with E-state index in [2.05, 4.69) is 38.9 Å². The molecule has 2 aromatic heterocycles. The van der Waals surface area contributed by atoms with Crippen LogP contribution in [0.3, 0.4) is 0 Å². The summed E-state index contributed by atoms with van der Waals surface area (Å²) in [5.41, 5.74) is 0. The van der Waals surface area contributed by atoms with Crippen molar-refractivity contribution in [3.63, 3.8) is 0 Å². The Balaban J connectivity index is 1.86. The van der Waals surface area contributed by atoms with Crippen LogP contribution in [-0.2, 0) is 11.3 Å². The number of aromatic nitrogens is 5. The molecule has 0 aliphatic carbocycles. The lowest BCUT2D eigenvalue weighted by Gasteiger charge is -2.04. The van der Waals surface area contributed by atoms with Crippen LogP contribution in [0.5, 0.6) is 0 Å². The van der Waals surface area contributed by atoms with E-state index in [1.54, 1.807) is 12.2 Å². The van der Waals surface area contributed by atoms with Crippen LogP contribution >= 0.6 is 34.9 Å². The molecule has 0 aliphatic rings. The zero-order chi connectivity index (χ0) is 16.7. The molecular formula is C13H16N6OS3. The largest absolute Gasteiger partial charge is 0.302 e. The lowest BCUT2D eigenvalue weighted by molar-refractivity contribution is -0.113. The van der Waals surface area contributed by atoms with Gasteiger partial charge < -0.3 is 4.57 Å². The maximum Gasteiger partial charge on any atom is 0.236 e. The highest BCUT2D eigenvalue weighted by molar-refractivity contribution is 8.01. The van der Waals surface area contributed by atoms with Crippen LogP contribution in [0.25, 0.3) is 0 Å². The molecule has 1 N–H and O–H groups in total. The van der Waals surface area contributed by atoms with Crippen molar-refractivity contribution in [2.24, 2.45) is 0 Å². The number of carbonyl (C=O) groups excluding carboxylic acids is 1. The summed E-state index contributed by atoms with van der Waals surface area (Å²) >= 11 is 4.19. The first-order valence-electron chi connectivity index (χ1n) is 6.64. The number of carbonyl (C=O) groups is 1. The summed E-state index contributed by atoms with van der Waals surface area (Å²) in [6, 6.07) is 0. The molecule has 0 bridgehead atoms. The van der Waals surface area contributed by atoms with E-state index in [1.807, 2.05) is 11.5 Å². The predicted octanol–water partition coefficient (Wildman–Crippen LogP) is 2.63. The Morgan fingerprint density at radius 2 is 2.09 bits per heavy atom. The van der Waals surface area contributed by atoms with Crippen molar-refractivity contribution in [3.05, 3.63) is 31.1 Å². The molecule has 0 saturated carbocycles. The summed E-state index contributed by atoms with van der Waals surface area (Å²) in [4.78, 5) is 12.0. The summed E-state index contributed by atoms with van der Waals surface area (Å²) in [6.07, 6.45) is 3.56. The van der Waals surface area contributed by atoms with Crippen molar-refractivity contribution < 1.29 is 4.79 Å². The molecule has 0 aliphatic heterocycles. The van der Waals surface area contributed by atoms with Gasteiger partial charge in [0, 0.05) is 12.3 Å². The first-order chi connectivity index (χ1) is 11.1. The predicted molar refractivity (Wildman–Crippen MR) is 95.1 cm³/mol. The van der Waals surface area contributed by atoms with E-state index in [0.717, 1.165) is 15.9 Å². The van der Waals surface area contributed by atoms with Gasteiger partial charge in [-0.15, -0.1) is 33.6 Å². The maximum atomic E-state index is 12.0. The molecule has 0 unspecified atom stereocenters. The molecule has 10 heteroatoms. The number of amides is 1. The van der Waals surface area contributed by atoms with Crippen LogP contribution in [0.1, 0.15) is 5.82 Å². The first kappa shape index (κ1) is 17.7. The number of nitrogens with one attached hydrogen (secondary N) is 1. The number of aryl methyl sites for hydroxylation is 1. The van der Waals surface area contributed by atoms with Gasteiger partial charge in [-0.1, -0.05) is 47.0 Å². The molecule has 0 spiro atoms. The first-order valence-corrected chi connectivity index (χ1v) is 9.43. The Bertz CT molecular complexity index is 696. The van der Waals surface area contributed by atoms with Crippen LogP contribution in [0.2, 0.25) is 0 Å². The van der Waals surface area contributed by atoms with Crippen LogP contribution in [0, 0.1) is 6.92 Å². The van der Waals surface area contributed by atoms with Gasteiger partial charge in [0.2, 0.25) is 11.0 Å². The van der Waals surface area contributed by atoms with Gasteiger partial charge in [-0.05, 0) is 6.92 Å². The lowest BCUT2D eigenvalue weighted by Crippen LogP contribution is -2.14. The summed E-state index contributed by atoms with van der Waals surface area (Å²) < 4.78 is 2.70. The standard InChI is InChI=1S/C13H16N6OS3/c1-4-6-19-9(3)15-17-12(19)22-8-10(20)14-11-16-18-13(23-11)21-7-5-2/h4-5H,1-2,6-8H2,3H3,(H,14,16,20). The summed E-state index contributed by atoms with van der Waals surface area (Å²) in [5, 5.41) is 19.9. The quantitative estimate of drug-likeness (QED) is 0.414. The van der Waals surface area contributed by atoms with Crippen molar-refractivity contribution in [2.45, 2.75) is 23.0 Å². The van der Waals surface area contributed by atoms with Crippen molar-refractivity contribution in [3.8, 4) is 0 Å². The van der Waals surface area contributed by atoms with E-state index in [9.17, 15) is 4.79 Å². The van der Waals surface area contributed by atoms with Gasteiger partial charge in [0.15, 0.2) is 9.50 Å². The monoisotopic (exact) mass is 368 g/mol. The minimum Gasteiger partial charge on any atom is -0.302 e. The van der Waals surface area contributed by atoms with E-state index in [0.29, 0.717) is 16.8 Å². The average Bonchev–Trinajstić information content (AvgIpc) is 3.11.